The molecule has 1 aromatic heterocycles. The zero-order valence-electron chi connectivity index (χ0n) is 12.4. The minimum atomic E-state index is -0.494. The number of hydrogen-bond acceptors (Lipinski definition) is 3. The van der Waals surface area contributed by atoms with Gasteiger partial charge < -0.3 is 10.4 Å². The third kappa shape index (κ3) is 2.99. The van der Waals surface area contributed by atoms with Crippen LogP contribution < -0.4 is 5.32 Å². The van der Waals surface area contributed by atoms with Crippen LogP contribution in [0, 0.1) is 5.92 Å². The van der Waals surface area contributed by atoms with E-state index in [0.29, 0.717) is 5.92 Å². The molecule has 21 heavy (non-hydrogen) atoms. The number of para-hydroxylation sites is 1. The molecule has 3 nitrogen and oxygen atoms in total. The normalized spacial score (nSPS) is 24.5. The van der Waals surface area contributed by atoms with Gasteiger partial charge in [0.15, 0.2) is 0 Å². The van der Waals surface area contributed by atoms with E-state index < -0.39 is 6.10 Å². The Morgan fingerprint density at radius 2 is 2.19 bits per heavy atom. The van der Waals surface area contributed by atoms with Crippen LogP contribution in [0.3, 0.4) is 0 Å². The van der Waals surface area contributed by atoms with Gasteiger partial charge in [0.2, 0.25) is 0 Å². The number of benzene rings is 1. The van der Waals surface area contributed by atoms with Crippen molar-refractivity contribution in [3.63, 3.8) is 0 Å². The van der Waals surface area contributed by atoms with Crippen LogP contribution in [-0.2, 0) is 0 Å². The molecule has 0 saturated carbocycles. The molecule has 1 aliphatic heterocycles. The SMILES string of the molecule is C/C=C/C1CCNC(C(O)c2ccnc3ccccc23)C1. The van der Waals surface area contributed by atoms with Crippen LogP contribution in [0.1, 0.15) is 31.4 Å². The fraction of sp³-hybridized carbons (Fsp3) is 0.389. The monoisotopic (exact) mass is 282 g/mol. The molecule has 110 valence electrons. The summed E-state index contributed by atoms with van der Waals surface area (Å²) in [6.45, 7) is 3.02. The standard InChI is InChI=1S/C18H22N2O/c1-2-5-13-8-10-20-17(12-13)18(21)15-9-11-19-16-7-4-3-6-14(15)16/h2-7,9,11,13,17-18,20-21H,8,10,12H2,1H3/b5-2+. The molecule has 2 N–H and O–H groups in total. The fourth-order valence-corrected chi connectivity index (χ4v) is 3.26. The lowest BCUT2D eigenvalue weighted by Gasteiger charge is -2.32. The summed E-state index contributed by atoms with van der Waals surface area (Å²) in [5.41, 5.74) is 1.91. The quantitative estimate of drug-likeness (QED) is 0.850. The lowest BCUT2D eigenvalue weighted by molar-refractivity contribution is 0.106. The molecule has 1 aliphatic rings. The van der Waals surface area contributed by atoms with Gasteiger partial charge in [-0.05, 0) is 49.9 Å². The number of aliphatic hydroxyl groups excluding tert-OH is 1. The Hall–Kier alpha value is -1.71. The topological polar surface area (TPSA) is 45.1 Å². The van der Waals surface area contributed by atoms with E-state index >= 15 is 0 Å². The first-order valence-electron chi connectivity index (χ1n) is 7.67. The number of piperidine rings is 1. The molecule has 1 aromatic carbocycles. The number of nitrogens with one attached hydrogen (secondary N) is 1. The van der Waals surface area contributed by atoms with Crippen molar-refractivity contribution in [3.8, 4) is 0 Å². The molecule has 0 bridgehead atoms. The molecular weight excluding hydrogens is 260 g/mol. The number of nitrogens with zero attached hydrogens (tertiary/aromatic N) is 1. The summed E-state index contributed by atoms with van der Waals surface area (Å²) in [6.07, 6.45) is 7.78. The van der Waals surface area contributed by atoms with Gasteiger partial charge in [-0.3, -0.25) is 4.98 Å². The highest BCUT2D eigenvalue weighted by Gasteiger charge is 2.27. The minimum absolute atomic E-state index is 0.103. The lowest BCUT2D eigenvalue weighted by Crippen LogP contribution is -2.41. The summed E-state index contributed by atoms with van der Waals surface area (Å²) >= 11 is 0. The molecule has 0 aliphatic carbocycles. The van der Waals surface area contributed by atoms with E-state index in [0.717, 1.165) is 35.9 Å². The van der Waals surface area contributed by atoms with Crippen molar-refractivity contribution in [2.24, 2.45) is 5.92 Å². The Kier molecular flexibility index (Phi) is 4.32. The van der Waals surface area contributed by atoms with Gasteiger partial charge in [0.1, 0.15) is 0 Å². The highest BCUT2D eigenvalue weighted by atomic mass is 16.3. The highest BCUT2D eigenvalue weighted by molar-refractivity contribution is 5.82. The number of pyridine rings is 1. The Morgan fingerprint density at radius 1 is 1.33 bits per heavy atom. The van der Waals surface area contributed by atoms with Crippen molar-refractivity contribution in [1.29, 1.82) is 0 Å². The molecule has 2 heterocycles. The first-order chi connectivity index (χ1) is 10.3. The summed E-state index contributed by atoms with van der Waals surface area (Å²) in [5.74, 6) is 0.559. The number of aromatic nitrogens is 1. The van der Waals surface area contributed by atoms with E-state index in [1.54, 1.807) is 6.20 Å². The van der Waals surface area contributed by atoms with E-state index in [1.165, 1.54) is 0 Å². The lowest BCUT2D eigenvalue weighted by atomic mass is 9.86. The summed E-state index contributed by atoms with van der Waals surface area (Å²) in [7, 11) is 0. The van der Waals surface area contributed by atoms with Crippen LogP contribution in [0.25, 0.3) is 10.9 Å². The Balaban J connectivity index is 1.88. The Morgan fingerprint density at radius 3 is 3.05 bits per heavy atom. The van der Waals surface area contributed by atoms with Crippen molar-refractivity contribution in [2.45, 2.75) is 31.9 Å². The van der Waals surface area contributed by atoms with E-state index in [-0.39, 0.29) is 6.04 Å². The fourth-order valence-electron chi connectivity index (χ4n) is 3.26. The molecule has 3 heteroatoms. The number of aliphatic hydroxyl groups is 1. The van der Waals surface area contributed by atoms with Crippen LogP contribution in [0.2, 0.25) is 0 Å². The Bertz CT molecular complexity index is 633. The third-order valence-electron chi connectivity index (χ3n) is 4.33. The number of allylic oxidation sites excluding steroid dienone is 2. The second-order valence-corrected chi connectivity index (χ2v) is 5.73. The van der Waals surface area contributed by atoms with Gasteiger partial charge in [0.25, 0.3) is 0 Å². The van der Waals surface area contributed by atoms with Crippen LogP contribution in [0.5, 0.6) is 0 Å². The second-order valence-electron chi connectivity index (χ2n) is 5.73. The molecule has 3 unspecified atom stereocenters. The average Bonchev–Trinajstić information content (AvgIpc) is 2.54. The molecule has 3 rings (SSSR count). The van der Waals surface area contributed by atoms with Crippen LogP contribution in [-0.4, -0.2) is 22.7 Å². The summed E-state index contributed by atoms with van der Waals surface area (Å²) < 4.78 is 0. The summed E-state index contributed by atoms with van der Waals surface area (Å²) in [6, 6.07) is 10.0. The summed E-state index contributed by atoms with van der Waals surface area (Å²) in [4.78, 5) is 4.37. The van der Waals surface area contributed by atoms with Crippen molar-refractivity contribution < 1.29 is 5.11 Å². The van der Waals surface area contributed by atoms with Gasteiger partial charge in [-0.1, -0.05) is 30.4 Å². The van der Waals surface area contributed by atoms with Crippen LogP contribution >= 0.6 is 0 Å². The smallest absolute Gasteiger partial charge is 0.0950 e. The third-order valence-corrected chi connectivity index (χ3v) is 4.33. The molecule has 3 atom stereocenters. The van der Waals surface area contributed by atoms with Crippen molar-refractivity contribution in [2.75, 3.05) is 6.54 Å². The van der Waals surface area contributed by atoms with Crippen molar-refractivity contribution in [1.82, 2.24) is 10.3 Å². The van der Waals surface area contributed by atoms with E-state index in [9.17, 15) is 5.11 Å². The molecule has 0 amide bonds. The predicted molar refractivity (Wildman–Crippen MR) is 86.0 cm³/mol. The largest absolute Gasteiger partial charge is 0.387 e. The molecular formula is C18H22N2O. The van der Waals surface area contributed by atoms with E-state index in [1.807, 2.05) is 30.3 Å². The maximum absolute atomic E-state index is 10.8. The van der Waals surface area contributed by atoms with Crippen LogP contribution in [0.4, 0.5) is 0 Å². The van der Waals surface area contributed by atoms with Gasteiger partial charge in [-0.25, -0.2) is 0 Å². The van der Waals surface area contributed by atoms with Crippen molar-refractivity contribution in [3.05, 3.63) is 54.2 Å². The molecule has 2 aromatic rings. The first-order valence-corrected chi connectivity index (χ1v) is 7.67. The van der Waals surface area contributed by atoms with Crippen LogP contribution in [0.15, 0.2) is 48.7 Å². The van der Waals surface area contributed by atoms with Gasteiger partial charge >= 0.3 is 0 Å². The highest BCUT2D eigenvalue weighted by Crippen LogP contribution is 2.30. The van der Waals surface area contributed by atoms with Gasteiger partial charge in [0, 0.05) is 17.6 Å². The minimum Gasteiger partial charge on any atom is -0.387 e. The predicted octanol–water partition coefficient (Wildman–Crippen LogP) is 3.21. The zero-order chi connectivity index (χ0) is 14.7. The zero-order valence-corrected chi connectivity index (χ0v) is 12.4. The molecule has 0 radical (unpaired) electrons. The van der Waals surface area contributed by atoms with E-state index in [4.69, 9.17) is 0 Å². The molecule has 1 saturated heterocycles. The first kappa shape index (κ1) is 14.2. The maximum atomic E-state index is 10.8. The second kappa shape index (κ2) is 6.37. The van der Waals surface area contributed by atoms with Gasteiger partial charge in [-0.15, -0.1) is 0 Å². The molecule has 0 spiro atoms. The van der Waals surface area contributed by atoms with E-state index in [2.05, 4.69) is 29.4 Å². The summed E-state index contributed by atoms with van der Waals surface area (Å²) in [5, 5.41) is 15.3. The molecule has 1 fully saturated rings. The van der Waals surface area contributed by atoms with Gasteiger partial charge in [-0.2, -0.15) is 0 Å². The average molecular weight is 282 g/mol. The number of fused-ring (bicyclic) bond motifs is 1. The van der Waals surface area contributed by atoms with Gasteiger partial charge in [0.05, 0.1) is 11.6 Å². The number of rotatable bonds is 3. The number of hydrogen-bond donors (Lipinski definition) is 2. The van der Waals surface area contributed by atoms with Crippen molar-refractivity contribution >= 4 is 10.9 Å². The maximum Gasteiger partial charge on any atom is 0.0950 e. The Labute approximate surface area is 125 Å².